The first-order chi connectivity index (χ1) is 17.8. The van der Waals surface area contributed by atoms with Crippen molar-refractivity contribution >= 4 is 15.8 Å². The molecule has 2 aliphatic rings. The first-order valence-corrected chi connectivity index (χ1v) is 14.5. The van der Waals surface area contributed by atoms with Crippen LogP contribution in [-0.4, -0.2) is 44.7 Å². The minimum atomic E-state index is -2.99. The zero-order valence-electron chi connectivity index (χ0n) is 20.7. The van der Waals surface area contributed by atoms with E-state index in [1.54, 1.807) is 0 Å². The fraction of sp³-hybridized carbons (Fsp3) is 0.345. The van der Waals surface area contributed by atoms with Crippen LogP contribution in [0.25, 0.3) is 11.1 Å². The van der Waals surface area contributed by atoms with Gasteiger partial charge in [-0.2, -0.15) is 0 Å². The Balaban J connectivity index is 1.25. The molecule has 3 aromatic rings. The molecule has 1 aliphatic carbocycles. The molecule has 2 atom stereocenters. The van der Waals surface area contributed by atoms with E-state index in [2.05, 4.69) is 6.07 Å². The van der Waals surface area contributed by atoms with Crippen molar-refractivity contribution in [2.24, 2.45) is 5.92 Å². The van der Waals surface area contributed by atoms with Crippen LogP contribution in [0.3, 0.4) is 0 Å². The number of benzene rings is 3. The second kappa shape index (κ2) is 10.5. The standard InChI is InChI=1S/C29H30O7S/c1-37(32,33)14-2-12-34-23-8-9-24-21(16-23)11-13-35-28-10-3-19(15-26(24)28)18-36-22-6-4-20(5-7-22)25-17-27(25)29(30)31/h3-10,15-16,25,27H,2,11-14,17-18H2,1H3,(H,30,31). The van der Waals surface area contributed by atoms with Gasteiger partial charge in [0.1, 0.15) is 33.7 Å². The quantitative estimate of drug-likeness (QED) is 0.379. The first-order valence-electron chi connectivity index (χ1n) is 12.4. The van der Waals surface area contributed by atoms with Gasteiger partial charge in [0, 0.05) is 18.2 Å². The molecule has 0 bridgehead atoms. The Bertz CT molecular complexity index is 1400. The Morgan fingerprint density at radius 2 is 1.78 bits per heavy atom. The van der Waals surface area contributed by atoms with E-state index >= 15 is 0 Å². The third-order valence-corrected chi connectivity index (χ3v) is 7.82. The Labute approximate surface area is 216 Å². The molecule has 0 amide bonds. The van der Waals surface area contributed by atoms with E-state index in [-0.39, 0.29) is 17.6 Å². The predicted molar refractivity (Wildman–Crippen MR) is 140 cm³/mol. The summed E-state index contributed by atoms with van der Waals surface area (Å²) in [6.45, 7) is 1.30. The molecule has 2 unspecified atom stereocenters. The van der Waals surface area contributed by atoms with Gasteiger partial charge in [0.05, 0.1) is 24.9 Å². The van der Waals surface area contributed by atoms with Gasteiger partial charge in [-0.15, -0.1) is 0 Å². The molecule has 0 saturated heterocycles. The maximum atomic E-state index is 11.3. The number of fused-ring (bicyclic) bond motifs is 3. The number of hydrogen-bond donors (Lipinski definition) is 1. The number of carboxylic acids is 1. The zero-order chi connectivity index (χ0) is 26.0. The molecule has 7 nitrogen and oxygen atoms in total. The summed E-state index contributed by atoms with van der Waals surface area (Å²) in [5.41, 5.74) is 5.25. The lowest BCUT2D eigenvalue weighted by molar-refractivity contribution is -0.138. The van der Waals surface area contributed by atoms with Crippen LogP contribution in [0.15, 0.2) is 60.7 Å². The summed E-state index contributed by atoms with van der Waals surface area (Å²) < 4.78 is 40.4. The van der Waals surface area contributed by atoms with Gasteiger partial charge < -0.3 is 19.3 Å². The lowest BCUT2D eigenvalue weighted by Crippen LogP contribution is -2.08. The molecule has 0 radical (unpaired) electrons. The second-order valence-electron chi connectivity index (χ2n) is 9.72. The van der Waals surface area contributed by atoms with Gasteiger partial charge in [0.2, 0.25) is 0 Å². The number of carbonyl (C=O) groups is 1. The fourth-order valence-corrected chi connectivity index (χ4v) is 5.37. The number of carboxylic acid groups (broad SMARTS) is 1. The summed E-state index contributed by atoms with van der Waals surface area (Å²) in [6, 6.07) is 19.7. The Morgan fingerprint density at radius 3 is 2.51 bits per heavy atom. The molecular weight excluding hydrogens is 492 g/mol. The molecule has 37 heavy (non-hydrogen) atoms. The average Bonchev–Trinajstić information content (AvgIpc) is 3.69. The number of ether oxygens (including phenoxy) is 3. The van der Waals surface area contributed by atoms with Crippen molar-refractivity contribution in [3.8, 4) is 28.4 Å². The van der Waals surface area contributed by atoms with Gasteiger partial charge in [-0.3, -0.25) is 4.79 Å². The normalized spacial score (nSPS) is 18.1. The minimum Gasteiger partial charge on any atom is -0.494 e. The number of hydrogen-bond acceptors (Lipinski definition) is 6. The molecule has 1 saturated carbocycles. The van der Waals surface area contributed by atoms with Crippen LogP contribution in [-0.2, 0) is 27.7 Å². The average molecular weight is 523 g/mol. The van der Waals surface area contributed by atoms with Crippen molar-refractivity contribution in [1.82, 2.24) is 0 Å². The number of rotatable bonds is 10. The molecule has 3 aromatic carbocycles. The van der Waals surface area contributed by atoms with Gasteiger partial charge in [0.25, 0.3) is 0 Å². The molecule has 1 aliphatic heterocycles. The van der Waals surface area contributed by atoms with E-state index in [1.807, 2.05) is 54.6 Å². The molecule has 1 N–H and O–H groups in total. The smallest absolute Gasteiger partial charge is 0.307 e. The van der Waals surface area contributed by atoms with Crippen LogP contribution < -0.4 is 14.2 Å². The molecule has 194 valence electrons. The van der Waals surface area contributed by atoms with Crippen molar-refractivity contribution in [3.63, 3.8) is 0 Å². The first kappa shape index (κ1) is 25.1. The van der Waals surface area contributed by atoms with Crippen molar-refractivity contribution in [2.75, 3.05) is 25.2 Å². The molecule has 1 fully saturated rings. The summed E-state index contributed by atoms with van der Waals surface area (Å²) in [4.78, 5) is 11.1. The molecular formula is C29H30O7S. The predicted octanol–water partition coefficient (Wildman–Crippen LogP) is 4.87. The molecule has 8 heteroatoms. The summed E-state index contributed by atoms with van der Waals surface area (Å²) in [5.74, 6) is 1.51. The highest BCUT2D eigenvalue weighted by atomic mass is 32.2. The van der Waals surface area contributed by atoms with E-state index in [0.717, 1.165) is 51.5 Å². The van der Waals surface area contributed by atoms with E-state index in [9.17, 15) is 13.2 Å². The third kappa shape index (κ3) is 6.25. The van der Waals surface area contributed by atoms with Crippen LogP contribution in [0.1, 0.15) is 35.4 Å². The maximum absolute atomic E-state index is 11.3. The van der Waals surface area contributed by atoms with Crippen LogP contribution in [0.4, 0.5) is 0 Å². The summed E-state index contributed by atoms with van der Waals surface area (Å²) in [7, 11) is -2.99. The van der Waals surface area contributed by atoms with Gasteiger partial charge in [0.15, 0.2) is 0 Å². The SMILES string of the molecule is CS(=O)(=O)CCCOc1ccc2c(c1)CCOc1ccc(COc3ccc(C4CC4C(=O)O)cc3)cc1-2. The molecule has 1 heterocycles. The molecule has 5 rings (SSSR count). The summed E-state index contributed by atoms with van der Waals surface area (Å²) in [5, 5.41) is 9.14. The van der Waals surface area contributed by atoms with Crippen molar-refractivity contribution in [3.05, 3.63) is 77.4 Å². The number of sulfone groups is 1. The fourth-order valence-electron chi connectivity index (χ4n) is 4.73. The van der Waals surface area contributed by atoms with Crippen molar-refractivity contribution in [2.45, 2.75) is 31.8 Å². The van der Waals surface area contributed by atoms with Gasteiger partial charge in [-0.1, -0.05) is 24.3 Å². The van der Waals surface area contributed by atoms with Crippen LogP contribution in [0.2, 0.25) is 0 Å². The van der Waals surface area contributed by atoms with Crippen molar-refractivity contribution in [1.29, 1.82) is 0 Å². The highest BCUT2D eigenvalue weighted by Crippen LogP contribution is 2.47. The monoisotopic (exact) mass is 522 g/mol. The summed E-state index contributed by atoms with van der Waals surface area (Å²) >= 11 is 0. The van der Waals surface area contributed by atoms with E-state index in [4.69, 9.17) is 19.3 Å². The van der Waals surface area contributed by atoms with E-state index < -0.39 is 15.8 Å². The molecule has 0 spiro atoms. The highest BCUT2D eigenvalue weighted by Gasteiger charge is 2.44. The largest absolute Gasteiger partial charge is 0.494 e. The zero-order valence-corrected chi connectivity index (χ0v) is 21.5. The Hall–Kier alpha value is -3.52. The van der Waals surface area contributed by atoms with Crippen LogP contribution in [0.5, 0.6) is 17.2 Å². The highest BCUT2D eigenvalue weighted by molar-refractivity contribution is 7.90. The lowest BCUT2D eigenvalue weighted by Gasteiger charge is -2.13. The van der Waals surface area contributed by atoms with E-state index in [1.165, 1.54) is 6.26 Å². The van der Waals surface area contributed by atoms with Gasteiger partial charge >= 0.3 is 5.97 Å². The Morgan fingerprint density at radius 1 is 1.00 bits per heavy atom. The van der Waals surface area contributed by atoms with Gasteiger partial charge in [-0.05, 0) is 77.4 Å². The maximum Gasteiger partial charge on any atom is 0.307 e. The van der Waals surface area contributed by atoms with E-state index in [0.29, 0.717) is 32.7 Å². The van der Waals surface area contributed by atoms with Crippen LogP contribution in [0, 0.1) is 5.92 Å². The minimum absolute atomic E-state index is 0.106. The van der Waals surface area contributed by atoms with Crippen molar-refractivity contribution < 1.29 is 32.5 Å². The van der Waals surface area contributed by atoms with Crippen LogP contribution >= 0.6 is 0 Å². The third-order valence-electron chi connectivity index (χ3n) is 6.79. The summed E-state index contributed by atoms with van der Waals surface area (Å²) in [6.07, 6.45) is 3.13. The topological polar surface area (TPSA) is 99.1 Å². The number of aliphatic carboxylic acids is 1. The van der Waals surface area contributed by atoms with Gasteiger partial charge in [-0.25, -0.2) is 8.42 Å². The Kier molecular flexibility index (Phi) is 7.11. The molecule has 0 aromatic heterocycles. The second-order valence-corrected chi connectivity index (χ2v) is 12.0. The lowest BCUT2D eigenvalue weighted by atomic mass is 9.96.